The summed E-state index contributed by atoms with van der Waals surface area (Å²) in [7, 11) is 0. The second kappa shape index (κ2) is 25.2. The van der Waals surface area contributed by atoms with Gasteiger partial charge >= 0.3 is 11.9 Å². The summed E-state index contributed by atoms with van der Waals surface area (Å²) < 4.78 is 73.7. The fraction of sp³-hybridized carbons (Fsp3) is 0.952. The zero-order valence-electron chi connectivity index (χ0n) is 33.7. The second-order valence-electron chi connectivity index (χ2n) is 16.2. The first-order valence-corrected chi connectivity index (χ1v) is 22.1. The third-order valence-corrected chi connectivity index (χ3v) is 11.9. The SMILES string of the molecule is O=C(CCC(=O)OC1COC2CCCCC2OCCOCCOC2CCCCC2OC1)OC1COC2CCCCC2OCCOCCOC2CCCCC2OC1. The lowest BCUT2D eigenvalue weighted by atomic mass is 9.94. The molecule has 0 radical (unpaired) electrons. The van der Waals surface area contributed by atoms with Crippen LogP contribution in [0.1, 0.15) is 116 Å². The molecular formula is C42H70O14. The van der Waals surface area contributed by atoms with Crippen LogP contribution in [0.15, 0.2) is 0 Å². The van der Waals surface area contributed by atoms with Crippen molar-refractivity contribution in [3.8, 4) is 0 Å². The molecule has 0 aromatic carbocycles. The Morgan fingerprint density at radius 3 is 0.821 bits per heavy atom. The quantitative estimate of drug-likeness (QED) is 0.343. The minimum atomic E-state index is -0.641. The minimum absolute atomic E-state index is 0.0411. The second-order valence-corrected chi connectivity index (χ2v) is 16.2. The van der Waals surface area contributed by atoms with Gasteiger partial charge in [0.15, 0.2) is 0 Å². The van der Waals surface area contributed by atoms with E-state index in [2.05, 4.69) is 0 Å². The molecule has 0 N–H and O–H groups in total. The molecule has 4 aliphatic carbocycles. The fourth-order valence-electron chi connectivity index (χ4n) is 8.86. The van der Waals surface area contributed by atoms with Crippen LogP contribution >= 0.6 is 0 Å². The molecule has 14 heteroatoms. The van der Waals surface area contributed by atoms with E-state index in [0.29, 0.717) is 52.9 Å². The van der Waals surface area contributed by atoms with E-state index < -0.39 is 24.1 Å². The maximum absolute atomic E-state index is 13.3. The van der Waals surface area contributed by atoms with Crippen molar-refractivity contribution in [2.24, 2.45) is 0 Å². The molecule has 8 unspecified atom stereocenters. The highest BCUT2D eigenvalue weighted by molar-refractivity contribution is 5.77. The third-order valence-electron chi connectivity index (χ3n) is 11.9. The standard InChI is InChI=1S/C42H70O14/c43-41(55-31-27-51-37-13-5-1-9-33(37)47-23-19-45-20-24-48-34-10-2-6-14-38(34)52-28-31)17-18-42(44)56-32-29-53-39-15-7-3-11-35(39)49-25-21-46-22-26-50-36-12-4-8-16-40(36)54-30-32/h31-40H,1-30H2. The monoisotopic (exact) mass is 798 g/mol. The van der Waals surface area contributed by atoms with Gasteiger partial charge < -0.3 is 56.8 Å². The summed E-state index contributed by atoms with van der Waals surface area (Å²) >= 11 is 0. The molecule has 2 saturated heterocycles. The Labute approximate surface area is 333 Å². The first kappa shape index (κ1) is 44.1. The lowest BCUT2D eigenvalue weighted by Gasteiger charge is -2.34. The molecule has 8 atom stereocenters. The summed E-state index contributed by atoms with van der Waals surface area (Å²) in [5.41, 5.74) is 0. The van der Waals surface area contributed by atoms with Crippen molar-refractivity contribution in [2.75, 3.05) is 79.3 Å². The van der Waals surface area contributed by atoms with Gasteiger partial charge in [-0.25, -0.2) is 0 Å². The van der Waals surface area contributed by atoms with Crippen molar-refractivity contribution in [3.63, 3.8) is 0 Å². The van der Waals surface area contributed by atoms with Gasteiger partial charge in [-0.05, 0) is 51.4 Å². The topological polar surface area (TPSA) is 145 Å². The molecule has 0 aromatic heterocycles. The maximum Gasteiger partial charge on any atom is 0.306 e. The summed E-state index contributed by atoms with van der Waals surface area (Å²) in [6.07, 6.45) is 13.6. The van der Waals surface area contributed by atoms with Gasteiger partial charge in [-0.1, -0.05) is 51.4 Å². The van der Waals surface area contributed by atoms with Gasteiger partial charge in [0, 0.05) is 0 Å². The van der Waals surface area contributed by atoms with Crippen LogP contribution in [-0.2, 0) is 66.4 Å². The van der Waals surface area contributed by atoms with E-state index in [4.69, 9.17) is 56.8 Å². The maximum atomic E-state index is 13.3. The lowest BCUT2D eigenvalue weighted by molar-refractivity contribution is -0.177. The molecule has 0 amide bonds. The lowest BCUT2D eigenvalue weighted by Crippen LogP contribution is -2.42. The molecule has 322 valence electrons. The Kier molecular flexibility index (Phi) is 19.9. The molecule has 0 spiro atoms. The number of esters is 2. The summed E-state index contributed by atoms with van der Waals surface area (Å²) in [6, 6.07) is 0. The number of rotatable bonds is 5. The highest BCUT2D eigenvalue weighted by Gasteiger charge is 2.33. The Morgan fingerprint density at radius 1 is 0.339 bits per heavy atom. The number of ether oxygens (including phenoxy) is 12. The number of carbonyl (C=O) groups is 2. The van der Waals surface area contributed by atoms with Gasteiger partial charge in [-0.15, -0.1) is 0 Å². The number of carbonyl (C=O) groups excluding carboxylic acids is 2. The van der Waals surface area contributed by atoms with Crippen LogP contribution in [-0.4, -0.2) is 152 Å². The first-order chi connectivity index (χ1) is 27.6. The molecule has 4 saturated carbocycles. The van der Waals surface area contributed by atoms with Crippen molar-refractivity contribution >= 4 is 11.9 Å². The highest BCUT2D eigenvalue weighted by atomic mass is 16.6. The van der Waals surface area contributed by atoms with Crippen molar-refractivity contribution in [3.05, 3.63) is 0 Å². The van der Waals surface area contributed by atoms with Gasteiger partial charge in [-0.2, -0.15) is 0 Å². The van der Waals surface area contributed by atoms with Crippen LogP contribution in [0.2, 0.25) is 0 Å². The van der Waals surface area contributed by atoms with Gasteiger partial charge in [0.05, 0.1) is 141 Å². The van der Waals surface area contributed by atoms with Gasteiger partial charge in [0.25, 0.3) is 0 Å². The van der Waals surface area contributed by atoms with Crippen LogP contribution in [0.5, 0.6) is 0 Å². The molecule has 14 nitrogen and oxygen atoms in total. The minimum Gasteiger partial charge on any atom is -0.457 e. The van der Waals surface area contributed by atoms with Crippen LogP contribution in [0.3, 0.4) is 0 Å². The number of fused-ring (bicyclic) bond motifs is 4. The molecule has 2 heterocycles. The van der Waals surface area contributed by atoms with Gasteiger partial charge in [0.2, 0.25) is 0 Å². The van der Waals surface area contributed by atoms with Crippen LogP contribution in [0.4, 0.5) is 0 Å². The summed E-state index contributed by atoms with van der Waals surface area (Å²) in [6.45, 7) is 4.70. The van der Waals surface area contributed by atoms with E-state index in [-0.39, 0.29) is 88.1 Å². The highest BCUT2D eigenvalue weighted by Crippen LogP contribution is 2.28. The van der Waals surface area contributed by atoms with E-state index in [1.165, 1.54) is 0 Å². The fourth-order valence-corrected chi connectivity index (χ4v) is 8.86. The Balaban J connectivity index is 1.03. The van der Waals surface area contributed by atoms with Crippen molar-refractivity contribution in [1.82, 2.24) is 0 Å². The first-order valence-electron chi connectivity index (χ1n) is 22.1. The molecule has 6 aliphatic rings. The smallest absolute Gasteiger partial charge is 0.306 e. The molecule has 6 rings (SSSR count). The Bertz CT molecular complexity index is 963. The average Bonchev–Trinajstić information content (AvgIpc) is 3.22. The van der Waals surface area contributed by atoms with E-state index >= 15 is 0 Å². The molecule has 2 aliphatic heterocycles. The predicted molar refractivity (Wildman–Crippen MR) is 202 cm³/mol. The summed E-state index contributed by atoms with van der Waals surface area (Å²) in [4.78, 5) is 26.6. The molecular weight excluding hydrogens is 728 g/mol. The van der Waals surface area contributed by atoms with Crippen molar-refractivity contribution < 1.29 is 66.4 Å². The molecule has 0 bridgehead atoms. The van der Waals surface area contributed by atoms with Crippen LogP contribution in [0, 0.1) is 0 Å². The predicted octanol–water partition coefficient (Wildman–Crippen LogP) is 5.03. The van der Waals surface area contributed by atoms with Crippen molar-refractivity contribution in [2.45, 2.75) is 177 Å². The van der Waals surface area contributed by atoms with E-state index in [9.17, 15) is 9.59 Å². The average molecular weight is 799 g/mol. The molecule has 6 fully saturated rings. The molecule has 0 aromatic rings. The Morgan fingerprint density at radius 2 is 0.571 bits per heavy atom. The number of hydrogen-bond acceptors (Lipinski definition) is 14. The van der Waals surface area contributed by atoms with Crippen molar-refractivity contribution in [1.29, 1.82) is 0 Å². The normalized spacial score (nSPS) is 37.0. The Hall–Kier alpha value is -1.46. The van der Waals surface area contributed by atoms with E-state index in [1.807, 2.05) is 0 Å². The zero-order valence-corrected chi connectivity index (χ0v) is 33.7. The zero-order chi connectivity index (χ0) is 38.6. The number of hydrogen-bond donors (Lipinski definition) is 0. The van der Waals surface area contributed by atoms with Gasteiger partial charge in [0.1, 0.15) is 12.2 Å². The van der Waals surface area contributed by atoms with Crippen LogP contribution < -0.4 is 0 Å². The van der Waals surface area contributed by atoms with Crippen LogP contribution in [0.25, 0.3) is 0 Å². The van der Waals surface area contributed by atoms with E-state index in [1.54, 1.807) is 0 Å². The van der Waals surface area contributed by atoms with Gasteiger partial charge in [-0.3, -0.25) is 9.59 Å². The molecule has 56 heavy (non-hydrogen) atoms. The summed E-state index contributed by atoms with van der Waals surface area (Å²) in [5, 5.41) is 0. The largest absolute Gasteiger partial charge is 0.457 e. The van der Waals surface area contributed by atoms with E-state index in [0.717, 1.165) is 103 Å². The summed E-state index contributed by atoms with van der Waals surface area (Å²) in [5.74, 6) is -1.00. The third kappa shape index (κ3) is 15.3.